The molecule has 1 aromatic carbocycles. The van der Waals surface area contributed by atoms with Gasteiger partial charge in [-0.1, -0.05) is 38.1 Å². The van der Waals surface area contributed by atoms with Crippen LogP contribution in [-0.2, 0) is 17.9 Å². The molecule has 3 N–H and O–H groups in total. The fourth-order valence-corrected chi connectivity index (χ4v) is 2.65. The number of nitrogens with one attached hydrogen (secondary N) is 1. The number of nitrogens with zero attached hydrogens (tertiary/aromatic N) is 1. The highest BCUT2D eigenvalue weighted by Gasteiger charge is 2.12. The third-order valence-electron chi connectivity index (χ3n) is 3.76. The van der Waals surface area contributed by atoms with E-state index >= 15 is 0 Å². The Hall–Kier alpha value is -1.04. The van der Waals surface area contributed by atoms with E-state index < -0.39 is 6.04 Å². The summed E-state index contributed by atoms with van der Waals surface area (Å²) >= 11 is 1.71. The Bertz CT molecular complexity index is 432. The zero-order valence-electron chi connectivity index (χ0n) is 14.0. The molecule has 0 aromatic heterocycles. The van der Waals surface area contributed by atoms with E-state index in [4.69, 9.17) is 5.73 Å². The summed E-state index contributed by atoms with van der Waals surface area (Å²) in [5.41, 5.74) is 8.25. The van der Waals surface area contributed by atoms with Gasteiger partial charge in [0.05, 0.1) is 6.04 Å². The molecule has 1 rings (SSSR count). The van der Waals surface area contributed by atoms with E-state index in [1.54, 1.807) is 11.8 Å². The zero-order valence-corrected chi connectivity index (χ0v) is 14.8. The second-order valence-corrected chi connectivity index (χ2v) is 6.37. The molecular formula is C17H29N3OS. The molecule has 0 aliphatic rings. The molecule has 1 amide bonds. The van der Waals surface area contributed by atoms with Crippen LogP contribution in [0.1, 0.15) is 31.4 Å². The highest BCUT2D eigenvalue weighted by Crippen LogP contribution is 2.08. The Labute approximate surface area is 138 Å². The van der Waals surface area contributed by atoms with Crippen LogP contribution in [0.4, 0.5) is 0 Å². The van der Waals surface area contributed by atoms with Crippen molar-refractivity contribution in [1.29, 1.82) is 0 Å². The Kier molecular flexibility index (Phi) is 9.20. The third kappa shape index (κ3) is 6.81. The number of amides is 1. The molecule has 0 bridgehead atoms. The Morgan fingerprint density at radius 3 is 2.36 bits per heavy atom. The molecule has 5 heteroatoms. The summed E-state index contributed by atoms with van der Waals surface area (Å²) in [7, 11) is 0. The Balaban J connectivity index is 2.42. The number of nitrogens with two attached hydrogens (primary N) is 1. The second-order valence-electron chi connectivity index (χ2n) is 5.38. The van der Waals surface area contributed by atoms with Crippen molar-refractivity contribution in [1.82, 2.24) is 10.2 Å². The molecule has 0 radical (unpaired) electrons. The van der Waals surface area contributed by atoms with Gasteiger partial charge in [0.25, 0.3) is 0 Å². The first kappa shape index (κ1) is 19.0. The number of thioether (sulfide) groups is 1. The Morgan fingerprint density at radius 1 is 1.23 bits per heavy atom. The van der Waals surface area contributed by atoms with E-state index in [1.807, 2.05) is 6.26 Å². The number of benzene rings is 1. The lowest BCUT2D eigenvalue weighted by Gasteiger charge is -2.18. The van der Waals surface area contributed by atoms with E-state index in [0.717, 1.165) is 37.4 Å². The van der Waals surface area contributed by atoms with Crippen molar-refractivity contribution in [3.05, 3.63) is 35.4 Å². The maximum absolute atomic E-state index is 11.9. The molecule has 0 unspecified atom stereocenters. The number of hydrogen-bond donors (Lipinski definition) is 2. The average Bonchev–Trinajstić information content (AvgIpc) is 2.56. The van der Waals surface area contributed by atoms with Gasteiger partial charge in [-0.15, -0.1) is 0 Å². The van der Waals surface area contributed by atoms with Crippen LogP contribution in [0, 0.1) is 0 Å². The molecular weight excluding hydrogens is 294 g/mol. The van der Waals surface area contributed by atoms with Crippen molar-refractivity contribution in [3.63, 3.8) is 0 Å². The van der Waals surface area contributed by atoms with Gasteiger partial charge in [0.15, 0.2) is 0 Å². The lowest BCUT2D eigenvalue weighted by molar-refractivity contribution is -0.122. The molecule has 0 aliphatic heterocycles. The van der Waals surface area contributed by atoms with Gasteiger partial charge in [-0.2, -0.15) is 11.8 Å². The summed E-state index contributed by atoms with van der Waals surface area (Å²) in [6, 6.07) is 8.01. The smallest absolute Gasteiger partial charge is 0.237 e. The van der Waals surface area contributed by atoms with Gasteiger partial charge in [0, 0.05) is 13.1 Å². The predicted octanol–water partition coefficient (Wildman–Crippen LogP) is 2.22. The van der Waals surface area contributed by atoms with Gasteiger partial charge in [0.1, 0.15) is 0 Å². The van der Waals surface area contributed by atoms with Gasteiger partial charge in [-0.25, -0.2) is 0 Å². The van der Waals surface area contributed by atoms with E-state index in [1.165, 1.54) is 5.56 Å². The maximum atomic E-state index is 11.9. The zero-order chi connectivity index (χ0) is 16.4. The summed E-state index contributed by atoms with van der Waals surface area (Å²) < 4.78 is 0. The first-order valence-electron chi connectivity index (χ1n) is 7.93. The van der Waals surface area contributed by atoms with Gasteiger partial charge < -0.3 is 11.1 Å². The molecule has 4 nitrogen and oxygen atoms in total. The highest BCUT2D eigenvalue weighted by molar-refractivity contribution is 7.98. The summed E-state index contributed by atoms with van der Waals surface area (Å²) in [6.45, 7) is 7.97. The van der Waals surface area contributed by atoms with Crippen molar-refractivity contribution >= 4 is 17.7 Å². The van der Waals surface area contributed by atoms with Gasteiger partial charge in [-0.05, 0) is 42.6 Å². The highest BCUT2D eigenvalue weighted by atomic mass is 32.2. The quantitative estimate of drug-likeness (QED) is 0.693. The topological polar surface area (TPSA) is 58.4 Å². The van der Waals surface area contributed by atoms with Crippen LogP contribution < -0.4 is 11.1 Å². The maximum Gasteiger partial charge on any atom is 0.237 e. The van der Waals surface area contributed by atoms with E-state index in [2.05, 4.69) is 48.3 Å². The van der Waals surface area contributed by atoms with Crippen molar-refractivity contribution in [2.75, 3.05) is 25.1 Å². The number of rotatable bonds is 10. The number of carbonyl (C=O) groups excluding carboxylic acids is 1. The van der Waals surface area contributed by atoms with Gasteiger partial charge in [-0.3, -0.25) is 9.69 Å². The van der Waals surface area contributed by atoms with Crippen LogP contribution >= 0.6 is 11.8 Å². The van der Waals surface area contributed by atoms with E-state index in [-0.39, 0.29) is 5.91 Å². The minimum Gasteiger partial charge on any atom is -0.351 e. The van der Waals surface area contributed by atoms with Crippen LogP contribution in [0.15, 0.2) is 24.3 Å². The SMILES string of the molecule is CCN(CC)Cc1ccc(CNC(=O)[C@@H](N)CCSC)cc1. The standard InChI is InChI=1S/C17H29N3OS/c1-4-20(5-2)13-15-8-6-14(7-9-15)12-19-17(21)16(18)10-11-22-3/h6-9,16H,4-5,10-13,18H2,1-3H3,(H,19,21)/t16-/m0/s1. The molecule has 22 heavy (non-hydrogen) atoms. The third-order valence-corrected chi connectivity index (χ3v) is 4.40. The molecule has 0 heterocycles. The number of carbonyl (C=O) groups is 1. The van der Waals surface area contributed by atoms with Crippen molar-refractivity contribution in [2.45, 2.75) is 39.4 Å². The summed E-state index contributed by atoms with van der Waals surface area (Å²) in [5.74, 6) is 0.843. The van der Waals surface area contributed by atoms with Crippen molar-refractivity contribution in [2.24, 2.45) is 5.73 Å². The normalized spacial score (nSPS) is 12.4. The molecule has 0 fully saturated rings. The predicted molar refractivity (Wildman–Crippen MR) is 95.9 cm³/mol. The lowest BCUT2D eigenvalue weighted by atomic mass is 10.1. The molecule has 0 spiro atoms. The fraction of sp³-hybridized carbons (Fsp3) is 0.588. The molecule has 1 aromatic rings. The molecule has 0 aliphatic carbocycles. The van der Waals surface area contributed by atoms with Crippen LogP contribution in [0.2, 0.25) is 0 Å². The average molecular weight is 324 g/mol. The van der Waals surface area contributed by atoms with Crippen LogP contribution in [0.25, 0.3) is 0 Å². The summed E-state index contributed by atoms with van der Waals surface area (Å²) in [4.78, 5) is 14.2. The van der Waals surface area contributed by atoms with Crippen molar-refractivity contribution < 1.29 is 4.79 Å². The van der Waals surface area contributed by atoms with Crippen LogP contribution in [0.3, 0.4) is 0 Å². The molecule has 0 saturated carbocycles. The Morgan fingerprint density at radius 2 is 1.82 bits per heavy atom. The summed E-state index contributed by atoms with van der Waals surface area (Å²) in [6.07, 6.45) is 2.74. The van der Waals surface area contributed by atoms with E-state index in [0.29, 0.717) is 6.54 Å². The lowest BCUT2D eigenvalue weighted by Crippen LogP contribution is -2.40. The first-order chi connectivity index (χ1) is 10.6. The van der Waals surface area contributed by atoms with Gasteiger partial charge in [0.2, 0.25) is 5.91 Å². The molecule has 1 atom stereocenters. The van der Waals surface area contributed by atoms with Crippen molar-refractivity contribution in [3.8, 4) is 0 Å². The first-order valence-corrected chi connectivity index (χ1v) is 9.32. The fourth-order valence-electron chi connectivity index (χ4n) is 2.16. The molecule has 124 valence electrons. The minimum atomic E-state index is -0.408. The number of hydrogen-bond acceptors (Lipinski definition) is 4. The monoisotopic (exact) mass is 323 g/mol. The summed E-state index contributed by atoms with van der Waals surface area (Å²) in [5, 5.41) is 2.91. The largest absolute Gasteiger partial charge is 0.351 e. The van der Waals surface area contributed by atoms with Crippen LogP contribution in [-0.4, -0.2) is 41.9 Å². The minimum absolute atomic E-state index is 0.0683. The second kappa shape index (κ2) is 10.6. The van der Waals surface area contributed by atoms with Gasteiger partial charge >= 0.3 is 0 Å². The van der Waals surface area contributed by atoms with E-state index in [9.17, 15) is 4.79 Å². The molecule has 0 saturated heterocycles. The van der Waals surface area contributed by atoms with Crippen LogP contribution in [0.5, 0.6) is 0 Å².